The summed E-state index contributed by atoms with van der Waals surface area (Å²) in [6.45, 7) is 2.20. The molecular weight excluding hydrogens is 184 g/mol. The lowest BCUT2D eigenvalue weighted by atomic mass is 10.0. The van der Waals surface area contributed by atoms with Crippen LogP contribution in [0.3, 0.4) is 0 Å². The standard InChI is InChI=1S/C14H18O/c1-2-3-11-4-6-12(7-5-11)13-8-9-14(15)10-13/h4-7,10,14-15H,2-3,8-9H2,1H3. The maximum atomic E-state index is 9.42. The predicted octanol–water partition coefficient (Wildman–Crippen LogP) is 3.18. The highest BCUT2D eigenvalue weighted by Crippen LogP contribution is 2.27. The summed E-state index contributed by atoms with van der Waals surface area (Å²) in [7, 11) is 0. The number of benzene rings is 1. The van der Waals surface area contributed by atoms with Crippen LogP contribution in [0.15, 0.2) is 30.3 Å². The highest BCUT2D eigenvalue weighted by Gasteiger charge is 2.13. The fourth-order valence-electron chi connectivity index (χ4n) is 2.12. The maximum Gasteiger partial charge on any atom is 0.0730 e. The van der Waals surface area contributed by atoms with E-state index in [2.05, 4.69) is 31.2 Å². The molecule has 0 fully saturated rings. The summed E-state index contributed by atoms with van der Waals surface area (Å²) in [5, 5.41) is 9.42. The van der Waals surface area contributed by atoms with Crippen molar-refractivity contribution in [1.29, 1.82) is 0 Å². The predicted molar refractivity (Wildman–Crippen MR) is 63.7 cm³/mol. The van der Waals surface area contributed by atoms with E-state index >= 15 is 0 Å². The molecule has 1 N–H and O–H groups in total. The molecule has 2 rings (SSSR count). The van der Waals surface area contributed by atoms with Crippen molar-refractivity contribution in [3.05, 3.63) is 41.5 Å². The van der Waals surface area contributed by atoms with Crippen molar-refractivity contribution in [2.24, 2.45) is 0 Å². The third-order valence-electron chi connectivity index (χ3n) is 2.97. The van der Waals surface area contributed by atoms with Gasteiger partial charge in [0.05, 0.1) is 6.10 Å². The van der Waals surface area contributed by atoms with E-state index < -0.39 is 0 Å². The van der Waals surface area contributed by atoms with Crippen LogP contribution in [0.5, 0.6) is 0 Å². The maximum absolute atomic E-state index is 9.42. The number of aliphatic hydroxyl groups is 1. The first-order chi connectivity index (χ1) is 7.29. The molecule has 0 radical (unpaired) electrons. The van der Waals surface area contributed by atoms with E-state index in [1.165, 1.54) is 23.1 Å². The average Bonchev–Trinajstić information content (AvgIpc) is 2.67. The first kappa shape index (κ1) is 10.4. The molecule has 1 aromatic rings. The topological polar surface area (TPSA) is 20.2 Å². The molecule has 0 heterocycles. The Morgan fingerprint density at radius 2 is 2.00 bits per heavy atom. The molecule has 0 saturated heterocycles. The van der Waals surface area contributed by atoms with E-state index in [9.17, 15) is 5.11 Å². The molecule has 1 aromatic carbocycles. The van der Waals surface area contributed by atoms with E-state index in [0.717, 1.165) is 19.3 Å². The summed E-state index contributed by atoms with van der Waals surface area (Å²) in [6.07, 6.45) is 5.99. The minimum atomic E-state index is -0.227. The molecule has 0 amide bonds. The van der Waals surface area contributed by atoms with E-state index in [0.29, 0.717) is 0 Å². The van der Waals surface area contributed by atoms with Crippen molar-refractivity contribution in [3.8, 4) is 0 Å². The molecule has 1 atom stereocenters. The second-order valence-electron chi connectivity index (χ2n) is 4.24. The zero-order chi connectivity index (χ0) is 10.7. The van der Waals surface area contributed by atoms with Crippen LogP contribution >= 0.6 is 0 Å². The summed E-state index contributed by atoms with van der Waals surface area (Å²) in [4.78, 5) is 0. The quantitative estimate of drug-likeness (QED) is 0.798. The Bertz CT molecular complexity index is 348. The van der Waals surface area contributed by atoms with Crippen LogP contribution in [0, 0.1) is 0 Å². The molecule has 0 aromatic heterocycles. The number of hydrogen-bond acceptors (Lipinski definition) is 1. The van der Waals surface area contributed by atoms with Crippen molar-refractivity contribution in [2.45, 2.75) is 38.7 Å². The normalized spacial score (nSPS) is 20.4. The fraction of sp³-hybridized carbons (Fsp3) is 0.429. The first-order valence-corrected chi connectivity index (χ1v) is 5.77. The Labute approximate surface area is 91.4 Å². The Hall–Kier alpha value is -1.08. The summed E-state index contributed by atoms with van der Waals surface area (Å²) >= 11 is 0. The molecule has 0 aliphatic heterocycles. The Morgan fingerprint density at radius 1 is 1.27 bits per heavy atom. The van der Waals surface area contributed by atoms with E-state index in [-0.39, 0.29) is 6.10 Å². The third kappa shape index (κ3) is 2.48. The second-order valence-corrected chi connectivity index (χ2v) is 4.24. The van der Waals surface area contributed by atoms with Crippen LogP contribution in [0.4, 0.5) is 0 Å². The molecule has 15 heavy (non-hydrogen) atoms. The largest absolute Gasteiger partial charge is 0.389 e. The van der Waals surface area contributed by atoms with Crippen LogP contribution in [0.25, 0.3) is 5.57 Å². The lowest BCUT2D eigenvalue weighted by Crippen LogP contribution is -1.93. The van der Waals surface area contributed by atoms with Crippen molar-refractivity contribution < 1.29 is 5.11 Å². The Balaban J connectivity index is 2.13. The Morgan fingerprint density at radius 3 is 2.53 bits per heavy atom. The minimum Gasteiger partial charge on any atom is -0.389 e. The van der Waals surface area contributed by atoms with Crippen molar-refractivity contribution in [2.75, 3.05) is 0 Å². The van der Waals surface area contributed by atoms with Gasteiger partial charge in [-0.2, -0.15) is 0 Å². The number of aliphatic hydroxyl groups excluding tert-OH is 1. The van der Waals surface area contributed by atoms with E-state index in [1.807, 2.05) is 6.08 Å². The number of rotatable bonds is 3. The van der Waals surface area contributed by atoms with Gasteiger partial charge < -0.3 is 5.11 Å². The van der Waals surface area contributed by atoms with Gasteiger partial charge in [0.15, 0.2) is 0 Å². The highest BCUT2D eigenvalue weighted by atomic mass is 16.3. The molecule has 1 aliphatic rings. The Kier molecular flexibility index (Phi) is 3.22. The van der Waals surface area contributed by atoms with Crippen LogP contribution in [0.2, 0.25) is 0 Å². The zero-order valence-electron chi connectivity index (χ0n) is 9.24. The van der Waals surface area contributed by atoms with Gasteiger partial charge in [0.1, 0.15) is 0 Å². The van der Waals surface area contributed by atoms with E-state index in [1.54, 1.807) is 0 Å². The van der Waals surface area contributed by atoms with Gasteiger partial charge in [0.2, 0.25) is 0 Å². The molecule has 80 valence electrons. The zero-order valence-corrected chi connectivity index (χ0v) is 9.24. The van der Waals surface area contributed by atoms with Gasteiger partial charge in [-0.1, -0.05) is 43.7 Å². The van der Waals surface area contributed by atoms with Crippen LogP contribution in [-0.2, 0) is 6.42 Å². The molecule has 0 saturated carbocycles. The molecule has 1 unspecified atom stereocenters. The lowest BCUT2D eigenvalue weighted by Gasteiger charge is -2.03. The van der Waals surface area contributed by atoms with Crippen molar-refractivity contribution in [1.82, 2.24) is 0 Å². The van der Waals surface area contributed by atoms with Gasteiger partial charge in [-0.05, 0) is 36.0 Å². The van der Waals surface area contributed by atoms with Gasteiger partial charge in [-0.3, -0.25) is 0 Å². The second kappa shape index (κ2) is 4.63. The van der Waals surface area contributed by atoms with Crippen LogP contribution < -0.4 is 0 Å². The minimum absolute atomic E-state index is 0.227. The average molecular weight is 202 g/mol. The fourth-order valence-corrected chi connectivity index (χ4v) is 2.12. The summed E-state index contributed by atoms with van der Waals surface area (Å²) in [5.41, 5.74) is 3.97. The highest BCUT2D eigenvalue weighted by molar-refractivity contribution is 5.68. The van der Waals surface area contributed by atoms with Crippen molar-refractivity contribution in [3.63, 3.8) is 0 Å². The summed E-state index contributed by atoms with van der Waals surface area (Å²) in [5.74, 6) is 0. The van der Waals surface area contributed by atoms with Gasteiger partial charge in [0.25, 0.3) is 0 Å². The molecule has 1 aliphatic carbocycles. The lowest BCUT2D eigenvalue weighted by molar-refractivity contribution is 0.223. The van der Waals surface area contributed by atoms with E-state index in [4.69, 9.17) is 0 Å². The molecule has 1 nitrogen and oxygen atoms in total. The number of aryl methyl sites for hydroxylation is 1. The summed E-state index contributed by atoms with van der Waals surface area (Å²) in [6, 6.07) is 8.75. The van der Waals surface area contributed by atoms with Gasteiger partial charge >= 0.3 is 0 Å². The van der Waals surface area contributed by atoms with Gasteiger partial charge in [0, 0.05) is 0 Å². The van der Waals surface area contributed by atoms with Crippen molar-refractivity contribution >= 4 is 5.57 Å². The monoisotopic (exact) mass is 202 g/mol. The molecule has 0 bridgehead atoms. The molecular formula is C14H18O. The smallest absolute Gasteiger partial charge is 0.0730 e. The van der Waals surface area contributed by atoms with Gasteiger partial charge in [-0.15, -0.1) is 0 Å². The third-order valence-corrected chi connectivity index (χ3v) is 2.97. The summed E-state index contributed by atoms with van der Waals surface area (Å²) < 4.78 is 0. The number of hydrogen-bond donors (Lipinski definition) is 1. The van der Waals surface area contributed by atoms with Crippen LogP contribution in [-0.4, -0.2) is 11.2 Å². The number of allylic oxidation sites excluding steroid dienone is 1. The van der Waals surface area contributed by atoms with Gasteiger partial charge in [-0.25, -0.2) is 0 Å². The molecule has 0 spiro atoms. The SMILES string of the molecule is CCCc1ccc(C2=CC(O)CC2)cc1. The molecule has 1 heteroatoms. The van der Waals surface area contributed by atoms with Crippen LogP contribution in [0.1, 0.15) is 37.3 Å². The first-order valence-electron chi connectivity index (χ1n) is 5.77.